The SMILES string of the molecule is CN(C)c1ncc(-c2ccccc2F)c(C2CCCN(Cc3ccnc(N4CCCC4)n3)C2)n1. The lowest BCUT2D eigenvalue weighted by molar-refractivity contribution is 0.196. The van der Waals surface area contributed by atoms with E-state index in [0.29, 0.717) is 11.5 Å². The standard InChI is InChI=1S/C26H32FN7/c1-32(2)25-29-16-22(21-9-3-4-10-23(21)27)24(31-25)19-8-7-13-33(17-19)18-20-11-12-28-26(30-20)34-14-5-6-15-34/h3-4,9-12,16,19H,5-8,13-15,17-18H2,1-2H3. The van der Waals surface area contributed by atoms with Crippen molar-refractivity contribution in [2.45, 2.75) is 38.1 Å². The van der Waals surface area contributed by atoms with Gasteiger partial charge in [0.2, 0.25) is 11.9 Å². The summed E-state index contributed by atoms with van der Waals surface area (Å²) in [6, 6.07) is 8.91. The summed E-state index contributed by atoms with van der Waals surface area (Å²) < 4.78 is 14.7. The zero-order chi connectivity index (χ0) is 23.5. The van der Waals surface area contributed by atoms with Gasteiger partial charge in [-0.3, -0.25) is 4.90 Å². The van der Waals surface area contributed by atoms with E-state index in [4.69, 9.17) is 9.97 Å². The van der Waals surface area contributed by atoms with Crippen LogP contribution < -0.4 is 9.80 Å². The van der Waals surface area contributed by atoms with Crippen LogP contribution in [0, 0.1) is 5.82 Å². The van der Waals surface area contributed by atoms with Gasteiger partial charge in [0.15, 0.2) is 0 Å². The maximum absolute atomic E-state index is 14.7. The second-order valence-corrected chi connectivity index (χ2v) is 9.46. The summed E-state index contributed by atoms with van der Waals surface area (Å²) in [6.45, 7) is 4.72. The van der Waals surface area contributed by atoms with E-state index < -0.39 is 0 Å². The number of hydrogen-bond donors (Lipinski definition) is 0. The van der Waals surface area contributed by atoms with Crippen LogP contribution in [0.15, 0.2) is 42.7 Å². The van der Waals surface area contributed by atoms with Crippen molar-refractivity contribution in [3.05, 3.63) is 59.9 Å². The Labute approximate surface area is 200 Å². The van der Waals surface area contributed by atoms with Gasteiger partial charge in [0.05, 0.1) is 11.4 Å². The minimum Gasteiger partial charge on any atom is -0.347 e. The van der Waals surface area contributed by atoms with Crippen molar-refractivity contribution in [1.82, 2.24) is 24.8 Å². The van der Waals surface area contributed by atoms with Gasteiger partial charge in [-0.2, -0.15) is 0 Å². The van der Waals surface area contributed by atoms with Gasteiger partial charge in [-0.1, -0.05) is 18.2 Å². The molecule has 2 saturated heterocycles. The highest BCUT2D eigenvalue weighted by molar-refractivity contribution is 5.67. The largest absolute Gasteiger partial charge is 0.347 e. The number of piperidine rings is 1. The summed E-state index contributed by atoms with van der Waals surface area (Å²) in [7, 11) is 3.87. The third-order valence-electron chi connectivity index (χ3n) is 6.74. The molecule has 5 rings (SSSR count). The lowest BCUT2D eigenvalue weighted by atomic mass is 9.89. The van der Waals surface area contributed by atoms with Crippen molar-refractivity contribution in [2.75, 3.05) is 50.1 Å². The smallest absolute Gasteiger partial charge is 0.225 e. The first-order valence-electron chi connectivity index (χ1n) is 12.2. The number of anilines is 2. The Kier molecular flexibility index (Phi) is 6.67. The number of rotatable bonds is 6. The summed E-state index contributed by atoms with van der Waals surface area (Å²) in [5.74, 6) is 1.45. The normalized spacial score (nSPS) is 18.9. The molecule has 0 radical (unpaired) electrons. The monoisotopic (exact) mass is 461 g/mol. The molecule has 178 valence electrons. The van der Waals surface area contributed by atoms with Crippen molar-refractivity contribution in [3.8, 4) is 11.1 Å². The number of likely N-dealkylation sites (tertiary alicyclic amines) is 1. The van der Waals surface area contributed by atoms with Crippen LogP contribution in [0.4, 0.5) is 16.3 Å². The molecule has 2 fully saturated rings. The zero-order valence-electron chi connectivity index (χ0n) is 20.0. The maximum Gasteiger partial charge on any atom is 0.225 e. The van der Waals surface area contributed by atoms with Crippen LogP contribution >= 0.6 is 0 Å². The quantitative estimate of drug-likeness (QED) is 0.547. The number of benzene rings is 1. The van der Waals surface area contributed by atoms with Gasteiger partial charge in [0.1, 0.15) is 5.82 Å². The van der Waals surface area contributed by atoms with E-state index in [1.54, 1.807) is 12.3 Å². The fourth-order valence-corrected chi connectivity index (χ4v) is 4.99. The lowest BCUT2D eigenvalue weighted by Crippen LogP contribution is -2.35. The highest BCUT2D eigenvalue weighted by Crippen LogP contribution is 2.35. The predicted octanol–water partition coefficient (Wildman–Crippen LogP) is 4.12. The van der Waals surface area contributed by atoms with Gasteiger partial charge >= 0.3 is 0 Å². The summed E-state index contributed by atoms with van der Waals surface area (Å²) in [4.78, 5) is 25.4. The number of hydrogen-bond acceptors (Lipinski definition) is 7. The second kappa shape index (κ2) is 10.0. The molecule has 0 aliphatic carbocycles. The predicted molar refractivity (Wildman–Crippen MR) is 132 cm³/mol. The van der Waals surface area contributed by atoms with E-state index in [2.05, 4.69) is 19.8 Å². The Morgan fingerprint density at radius 2 is 1.79 bits per heavy atom. The molecule has 2 aliphatic heterocycles. The van der Waals surface area contributed by atoms with E-state index in [1.807, 2.05) is 43.4 Å². The lowest BCUT2D eigenvalue weighted by Gasteiger charge is -2.33. The first kappa shape index (κ1) is 22.7. The molecule has 2 aliphatic rings. The van der Waals surface area contributed by atoms with Gasteiger partial charge in [0, 0.05) is 69.7 Å². The van der Waals surface area contributed by atoms with Gasteiger partial charge in [-0.15, -0.1) is 0 Å². The van der Waals surface area contributed by atoms with Crippen molar-refractivity contribution < 1.29 is 4.39 Å². The zero-order valence-corrected chi connectivity index (χ0v) is 20.0. The van der Waals surface area contributed by atoms with Crippen LogP contribution in [-0.4, -0.2) is 65.1 Å². The Hall–Kier alpha value is -3.13. The highest BCUT2D eigenvalue weighted by Gasteiger charge is 2.27. The molecule has 3 aromatic rings. The van der Waals surface area contributed by atoms with Crippen LogP contribution in [0.25, 0.3) is 11.1 Å². The summed E-state index contributed by atoms with van der Waals surface area (Å²) >= 11 is 0. The molecule has 1 unspecified atom stereocenters. The van der Waals surface area contributed by atoms with E-state index in [1.165, 1.54) is 18.9 Å². The van der Waals surface area contributed by atoms with Gasteiger partial charge in [0.25, 0.3) is 0 Å². The fourth-order valence-electron chi connectivity index (χ4n) is 4.99. The van der Waals surface area contributed by atoms with Crippen LogP contribution in [-0.2, 0) is 6.54 Å². The van der Waals surface area contributed by atoms with E-state index in [-0.39, 0.29) is 11.7 Å². The molecule has 34 heavy (non-hydrogen) atoms. The first-order chi connectivity index (χ1) is 16.6. The molecule has 0 N–H and O–H groups in total. The molecule has 2 aromatic heterocycles. The highest BCUT2D eigenvalue weighted by atomic mass is 19.1. The van der Waals surface area contributed by atoms with Gasteiger partial charge in [-0.05, 0) is 44.4 Å². The van der Waals surface area contributed by atoms with Crippen molar-refractivity contribution in [3.63, 3.8) is 0 Å². The molecular weight excluding hydrogens is 429 g/mol. The Morgan fingerprint density at radius 1 is 0.971 bits per heavy atom. The van der Waals surface area contributed by atoms with E-state index in [0.717, 1.165) is 68.5 Å². The minimum absolute atomic E-state index is 0.199. The molecular formula is C26H32FN7. The van der Waals surface area contributed by atoms with Crippen LogP contribution in [0.3, 0.4) is 0 Å². The average Bonchev–Trinajstić information content (AvgIpc) is 3.40. The van der Waals surface area contributed by atoms with Crippen LogP contribution in [0.1, 0.15) is 43.0 Å². The molecule has 0 saturated carbocycles. The Bertz CT molecular complexity index is 1130. The van der Waals surface area contributed by atoms with Crippen molar-refractivity contribution in [1.29, 1.82) is 0 Å². The van der Waals surface area contributed by atoms with Gasteiger partial charge in [-0.25, -0.2) is 24.3 Å². The van der Waals surface area contributed by atoms with Crippen LogP contribution in [0.2, 0.25) is 0 Å². The van der Waals surface area contributed by atoms with E-state index in [9.17, 15) is 4.39 Å². The maximum atomic E-state index is 14.7. The van der Waals surface area contributed by atoms with Crippen LogP contribution in [0.5, 0.6) is 0 Å². The molecule has 1 atom stereocenters. The second-order valence-electron chi connectivity index (χ2n) is 9.46. The number of aromatic nitrogens is 4. The number of halogens is 1. The molecule has 8 heteroatoms. The molecule has 0 bridgehead atoms. The molecule has 7 nitrogen and oxygen atoms in total. The molecule has 0 spiro atoms. The first-order valence-corrected chi connectivity index (χ1v) is 12.2. The Balaban J connectivity index is 1.40. The van der Waals surface area contributed by atoms with Crippen molar-refractivity contribution >= 4 is 11.9 Å². The summed E-state index contributed by atoms with van der Waals surface area (Å²) in [5, 5.41) is 0. The average molecular weight is 462 g/mol. The summed E-state index contributed by atoms with van der Waals surface area (Å²) in [6.07, 6.45) is 8.15. The molecule has 0 amide bonds. The summed E-state index contributed by atoms with van der Waals surface area (Å²) in [5.41, 5.74) is 3.32. The van der Waals surface area contributed by atoms with Gasteiger partial charge < -0.3 is 9.80 Å². The number of nitrogens with zero attached hydrogens (tertiary/aromatic N) is 7. The van der Waals surface area contributed by atoms with Crippen molar-refractivity contribution in [2.24, 2.45) is 0 Å². The van der Waals surface area contributed by atoms with E-state index >= 15 is 0 Å². The molecule has 1 aromatic carbocycles. The fraction of sp³-hybridized carbons (Fsp3) is 0.462. The third kappa shape index (κ3) is 4.87. The minimum atomic E-state index is -0.243. The Morgan fingerprint density at radius 3 is 2.59 bits per heavy atom. The molecule has 4 heterocycles. The third-order valence-corrected chi connectivity index (χ3v) is 6.74. The topological polar surface area (TPSA) is 61.3 Å².